The van der Waals surface area contributed by atoms with Crippen LogP contribution < -0.4 is 26.0 Å². The van der Waals surface area contributed by atoms with Gasteiger partial charge in [0, 0.05) is 5.30 Å². The Hall–Kier alpha value is -1.68. The van der Waals surface area contributed by atoms with Crippen LogP contribution in [-0.2, 0) is 0 Å². The van der Waals surface area contributed by atoms with Gasteiger partial charge in [-0.15, -0.1) is 0 Å². The first-order valence-electron chi connectivity index (χ1n) is 7.17. The van der Waals surface area contributed by atoms with Crippen LogP contribution in [0, 0.1) is 0 Å². The first kappa shape index (κ1) is 15.2. The highest BCUT2D eigenvalue weighted by Gasteiger charge is 2.06. The van der Waals surface area contributed by atoms with Crippen molar-refractivity contribution in [3.8, 4) is 5.75 Å². The molecule has 0 spiro atoms. The third kappa shape index (κ3) is 3.95. The van der Waals surface area contributed by atoms with Crippen molar-refractivity contribution < 1.29 is 4.74 Å². The predicted octanol–water partition coefficient (Wildman–Crippen LogP) is 2.95. The first-order valence-corrected chi connectivity index (χ1v) is 9.17. The van der Waals surface area contributed by atoms with E-state index in [2.05, 4.69) is 78.9 Å². The molecule has 0 fully saturated rings. The molecule has 0 radical (unpaired) electrons. The third-order valence-electron chi connectivity index (χ3n) is 3.32. The van der Waals surface area contributed by atoms with Gasteiger partial charge in [-0.3, -0.25) is 0 Å². The number of ether oxygens (including phenoxy) is 1. The molecule has 0 saturated heterocycles. The van der Waals surface area contributed by atoms with E-state index < -0.39 is 0 Å². The number of benzene rings is 3. The van der Waals surface area contributed by atoms with Crippen molar-refractivity contribution in [2.45, 2.75) is 0 Å². The molecule has 3 rings (SSSR count). The lowest BCUT2D eigenvalue weighted by Gasteiger charge is -2.11. The Balaban J connectivity index is 1.81. The molecule has 0 bridgehead atoms. The van der Waals surface area contributed by atoms with Crippen LogP contribution in [0.1, 0.15) is 0 Å². The highest BCUT2D eigenvalue weighted by molar-refractivity contribution is 7.56. The quantitative estimate of drug-likeness (QED) is 0.656. The van der Waals surface area contributed by atoms with Crippen LogP contribution in [0.3, 0.4) is 0 Å². The van der Waals surface area contributed by atoms with E-state index in [1.807, 2.05) is 0 Å². The molecule has 110 valence electrons. The Morgan fingerprint density at radius 3 is 1.82 bits per heavy atom. The van der Waals surface area contributed by atoms with Crippen molar-refractivity contribution in [2.24, 2.45) is 0 Å². The monoisotopic (exact) mass is 324 g/mol. The second kappa shape index (κ2) is 7.54. The van der Waals surface area contributed by atoms with E-state index in [1.54, 1.807) is 7.11 Å². The van der Waals surface area contributed by atoms with Gasteiger partial charge in [-0.25, -0.2) is 0 Å². The van der Waals surface area contributed by atoms with Gasteiger partial charge in [-0.05, 0) is 22.0 Å². The van der Waals surface area contributed by atoms with E-state index in [0.717, 1.165) is 5.75 Å². The van der Waals surface area contributed by atoms with E-state index in [1.165, 1.54) is 21.2 Å². The van der Waals surface area contributed by atoms with Gasteiger partial charge >= 0.3 is 0 Å². The predicted molar refractivity (Wildman–Crippen MR) is 101 cm³/mol. The van der Waals surface area contributed by atoms with Gasteiger partial charge in [0.1, 0.15) is 5.75 Å². The summed E-state index contributed by atoms with van der Waals surface area (Å²) in [6.45, 7) is 0. The average molecular weight is 324 g/mol. The molecule has 2 unspecified atom stereocenters. The fourth-order valence-electron chi connectivity index (χ4n) is 2.24. The molecule has 22 heavy (non-hydrogen) atoms. The van der Waals surface area contributed by atoms with Gasteiger partial charge in [-0.1, -0.05) is 90.0 Å². The molecule has 3 aromatic rings. The lowest BCUT2D eigenvalue weighted by atomic mass is 10.3. The van der Waals surface area contributed by atoms with Crippen molar-refractivity contribution in [2.75, 3.05) is 7.11 Å². The van der Waals surface area contributed by atoms with E-state index in [4.69, 9.17) is 4.74 Å². The third-order valence-corrected chi connectivity index (χ3v) is 5.84. The summed E-state index contributed by atoms with van der Waals surface area (Å²) >= 11 is 0. The molecule has 0 amide bonds. The Kier molecular flexibility index (Phi) is 5.22. The maximum Gasteiger partial charge on any atom is 0.127 e. The molecule has 0 heterocycles. The number of hydrogen-bond donors (Lipinski definition) is 0. The molecular formula is C19H18OP2. The van der Waals surface area contributed by atoms with Crippen molar-refractivity contribution in [1.82, 2.24) is 0 Å². The van der Waals surface area contributed by atoms with Crippen LogP contribution in [-0.4, -0.2) is 7.11 Å². The minimum Gasteiger partial charge on any atom is -0.496 e. The molecule has 0 saturated carbocycles. The van der Waals surface area contributed by atoms with Gasteiger partial charge in [-0.2, -0.15) is 0 Å². The molecule has 3 heteroatoms. The molecule has 0 aliphatic carbocycles. The Morgan fingerprint density at radius 1 is 0.636 bits per heavy atom. The molecule has 0 aromatic heterocycles. The summed E-state index contributed by atoms with van der Waals surface area (Å²) in [4.78, 5) is 0. The largest absolute Gasteiger partial charge is 0.496 e. The topological polar surface area (TPSA) is 9.23 Å². The number of hydrogen-bond acceptors (Lipinski definition) is 1. The lowest BCUT2D eigenvalue weighted by Crippen LogP contribution is -2.11. The van der Waals surface area contributed by atoms with Gasteiger partial charge in [0.15, 0.2) is 0 Å². The smallest absolute Gasteiger partial charge is 0.127 e. The van der Waals surface area contributed by atoms with Crippen molar-refractivity contribution in [1.29, 1.82) is 0 Å². The number of methoxy groups -OCH3 is 1. The van der Waals surface area contributed by atoms with Gasteiger partial charge in [0.05, 0.1) is 7.11 Å². The van der Waals surface area contributed by atoms with E-state index in [9.17, 15) is 0 Å². The van der Waals surface area contributed by atoms with Crippen LogP contribution in [0.5, 0.6) is 5.75 Å². The zero-order chi connectivity index (χ0) is 15.2. The van der Waals surface area contributed by atoms with Crippen LogP contribution in [0.15, 0.2) is 78.9 Å². The standard InChI is InChI=1S/C19H18OP2/c1-20-18-14-17(21-15-8-4-2-5-9-15)12-13-19(18)22-16-10-6-3-7-11-16/h2-14,21-22H,1H3. The summed E-state index contributed by atoms with van der Waals surface area (Å²) in [6, 6.07) is 27.7. The normalized spacial score (nSPS) is 11.5. The zero-order valence-electron chi connectivity index (χ0n) is 12.4. The second-order valence-electron chi connectivity index (χ2n) is 4.90. The van der Waals surface area contributed by atoms with E-state index in [-0.39, 0.29) is 0 Å². The molecule has 0 N–H and O–H groups in total. The first-order chi connectivity index (χ1) is 10.8. The second-order valence-corrected chi connectivity index (χ2v) is 7.67. The van der Waals surface area contributed by atoms with Crippen LogP contribution >= 0.6 is 17.2 Å². The molecule has 0 aliphatic rings. The Morgan fingerprint density at radius 2 is 1.23 bits per heavy atom. The summed E-state index contributed by atoms with van der Waals surface area (Å²) in [5.41, 5.74) is 0. The SMILES string of the molecule is COc1cc(Pc2ccccc2)ccc1Pc1ccccc1. The van der Waals surface area contributed by atoms with Crippen molar-refractivity contribution in [3.05, 3.63) is 78.9 Å². The van der Waals surface area contributed by atoms with Crippen molar-refractivity contribution >= 4 is 38.4 Å². The summed E-state index contributed by atoms with van der Waals surface area (Å²) in [5, 5.41) is 5.25. The fraction of sp³-hybridized carbons (Fsp3) is 0.0526. The minimum atomic E-state index is 0.625. The Bertz CT molecular complexity index is 727. The average Bonchev–Trinajstić information content (AvgIpc) is 2.58. The van der Waals surface area contributed by atoms with Crippen LogP contribution in [0.4, 0.5) is 0 Å². The number of rotatable bonds is 5. The van der Waals surface area contributed by atoms with E-state index in [0.29, 0.717) is 17.2 Å². The summed E-state index contributed by atoms with van der Waals surface area (Å²) in [7, 11) is 3.04. The van der Waals surface area contributed by atoms with Crippen LogP contribution in [0.25, 0.3) is 0 Å². The molecule has 3 aromatic carbocycles. The van der Waals surface area contributed by atoms with Gasteiger partial charge in [0.2, 0.25) is 0 Å². The summed E-state index contributed by atoms with van der Waals surface area (Å²) in [6.07, 6.45) is 0. The fourth-order valence-corrected chi connectivity index (χ4v) is 4.43. The maximum absolute atomic E-state index is 5.61. The highest BCUT2D eigenvalue weighted by Crippen LogP contribution is 2.21. The molecule has 0 aliphatic heterocycles. The van der Waals surface area contributed by atoms with E-state index >= 15 is 0 Å². The van der Waals surface area contributed by atoms with Gasteiger partial charge in [0.25, 0.3) is 0 Å². The minimum absolute atomic E-state index is 0.625. The Labute approximate surface area is 135 Å². The van der Waals surface area contributed by atoms with Crippen LogP contribution in [0.2, 0.25) is 0 Å². The van der Waals surface area contributed by atoms with Crippen molar-refractivity contribution in [3.63, 3.8) is 0 Å². The zero-order valence-corrected chi connectivity index (χ0v) is 14.4. The van der Waals surface area contributed by atoms with Gasteiger partial charge < -0.3 is 4.74 Å². The molecule has 1 nitrogen and oxygen atoms in total. The molecular weight excluding hydrogens is 306 g/mol. The lowest BCUT2D eigenvalue weighted by molar-refractivity contribution is 0.419. The molecule has 2 atom stereocenters. The summed E-state index contributed by atoms with van der Waals surface area (Å²) < 4.78 is 5.61. The highest BCUT2D eigenvalue weighted by atomic mass is 31.1. The summed E-state index contributed by atoms with van der Waals surface area (Å²) in [5.74, 6) is 0.989. The maximum atomic E-state index is 5.61.